The summed E-state index contributed by atoms with van der Waals surface area (Å²) in [5.41, 5.74) is 0.255. The van der Waals surface area contributed by atoms with Crippen LogP contribution in [0.15, 0.2) is 18.2 Å². The van der Waals surface area contributed by atoms with Crippen molar-refractivity contribution in [3.8, 4) is 5.75 Å². The average Bonchev–Trinajstić information content (AvgIpc) is 2.57. The van der Waals surface area contributed by atoms with Crippen molar-refractivity contribution >= 4 is 33.2 Å². The maximum absolute atomic E-state index is 12.3. The largest absolute Gasteiger partial charge is 0.495 e. The van der Waals surface area contributed by atoms with Crippen LogP contribution in [0.2, 0.25) is 5.02 Å². The number of carbonyl (C=O) groups is 1. The maximum atomic E-state index is 12.3. The topological polar surface area (TPSA) is 75.7 Å². The van der Waals surface area contributed by atoms with Crippen LogP contribution in [-0.2, 0) is 14.8 Å². The molecule has 1 fully saturated rings. The van der Waals surface area contributed by atoms with Crippen LogP contribution < -0.4 is 14.4 Å². The molecule has 0 heterocycles. The maximum Gasteiger partial charge on any atom is 0.240 e. The van der Waals surface area contributed by atoms with Crippen LogP contribution in [0.3, 0.4) is 0 Å². The highest BCUT2D eigenvalue weighted by atomic mass is 35.5. The van der Waals surface area contributed by atoms with E-state index in [0.29, 0.717) is 23.2 Å². The molecular formula is C17H25ClN2O4S. The predicted octanol–water partition coefficient (Wildman–Crippen LogP) is 2.81. The number of sulfonamides is 1. The van der Waals surface area contributed by atoms with E-state index in [1.165, 1.54) is 32.4 Å². The molecule has 1 aliphatic rings. The van der Waals surface area contributed by atoms with Crippen LogP contribution in [0.1, 0.15) is 32.1 Å². The number of amides is 1. The van der Waals surface area contributed by atoms with Gasteiger partial charge in [0.25, 0.3) is 0 Å². The Labute approximate surface area is 154 Å². The van der Waals surface area contributed by atoms with Crippen LogP contribution in [0.4, 0.5) is 5.69 Å². The predicted molar refractivity (Wildman–Crippen MR) is 99.8 cm³/mol. The van der Waals surface area contributed by atoms with Gasteiger partial charge in [0.15, 0.2) is 0 Å². The summed E-state index contributed by atoms with van der Waals surface area (Å²) in [4.78, 5) is 12.3. The van der Waals surface area contributed by atoms with Crippen LogP contribution >= 0.6 is 11.6 Å². The standard InChI is InChI=1S/C17H25ClN2O4S/c1-24-16-9-8-14(18)10-15(16)20(25(2,22)23)12-17(21)19-11-13-6-4-3-5-7-13/h8-10,13H,3-7,11-12H2,1-2H3,(H,19,21). The Morgan fingerprint density at radius 3 is 2.60 bits per heavy atom. The monoisotopic (exact) mass is 388 g/mol. The number of halogens is 1. The van der Waals surface area contributed by atoms with Gasteiger partial charge in [-0.1, -0.05) is 30.9 Å². The number of rotatable bonds is 7. The number of methoxy groups -OCH3 is 1. The number of benzene rings is 1. The van der Waals surface area contributed by atoms with Crippen molar-refractivity contribution in [2.45, 2.75) is 32.1 Å². The Bertz CT molecular complexity index is 703. The second-order valence-corrected chi connectivity index (χ2v) is 8.74. The molecule has 1 N–H and O–H groups in total. The average molecular weight is 389 g/mol. The van der Waals surface area contributed by atoms with Crippen LogP contribution in [0.5, 0.6) is 5.75 Å². The van der Waals surface area contributed by atoms with Gasteiger partial charge in [-0.05, 0) is 37.0 Å². The number of carbonyl (C=O) groups excluding carboxylic acids is 1. The minimum absolute atomic E-state index is 0.255. The smallest absolute Gasteiger partial charge is 0.240 e. The van der Waals surface area contributed by atoms with Crippen LogP contribution in [0, 0.1) is 5.92 Å². The molecule has 1 amide bonds. The van der Waals surface area contributed by atoms with Gasteiger partial charge in [-0.2, -0.15) is 0 Å². The van der Waals surface area contributed by atoms with E-state index < -0.39 is 10.0 Å². The number of hydrogen-bond donors (Lipinski definition) is 1. The molecule has 8 heteroatoms. The molecule has 2 rings (SSSR count). The number of ether oxygens (including phenoxy) is 1. The summed E-state index contributed by atoms with van der Waals surface area (Å²) in [5, 5.41) is 3.23. The fraction of sp³-hybridized carbons (Fsp3) is 0.588. The first-order valence-corrected chi connectivity index (χ1v) is 10.6. The molecule has 140 valence electrons. The Morgan fingerprint density at radius 2 is 2.00 bits per heavy atom. The van der Waals surface area contributed by atoms with Gasteiger partial charge < -0.3 is 10.1 Å². The van der Waals surface area contributed by atoms with E-state index in [2.05, 4.69) is 5.32 Å². The van der Waals surface area contributed by atoms with E-state index in [4.69, 9.17) is 16.3 Å². The minimum Gasteiger partial charge on any atom is -0.495 e. The molecule has 1 saturated carbocycles. The summed E-state index contributed by atoms with van der Waals surface area (Å²) in [6.07, 6.45) is 6.91. The van der Waals surface area contributed by atoms with E-state index in [1.807, 2.05) is 0 Å². The Balaban J connectivity index is 2.10. The summed E-state index contributed by atoms with van der Waals surface area (Å²) in [7, 11) is -2.23. The number of hydrogen-bond acceptors (Lipinski definition) is 4. The second kappa shape index (κ2) is 8.76. The lowest BCUT2D eigenvalue weighted by atomic mass is 9.89. The highest BCUT2D eigenvalue weighted by molar-refractivity contribution is 7.92. The zero-order valence-corrected chi connectivity index (χ0v) is 16.2. The Morgan fingerprint density at radius 1 is 1.32 bits per heavy atom. The van der Waals surface area contributed by atoms with Gasteiger partial charge >= 0.3 is 0 Å². The highest BCUT2D eigenvalue weighted by Crippen LogP contribution is 2.32. The molecule has 0 radical (unpaired) electrons. The lowest BCUT2D eigenvalue weighted by Crippen LogP contribution is -2.42. The van der Waals surface area contributed by atoms with Crippen molar-refractivity contribution < 1.29 is 17.9 Å². The SMILES string of the molecule is COc1ccc(Cl)cc1N(CC(=O)NCC1CCCCC1)S(C)(=O)=O. The summed E-state index contributed by atoms with van der Waals surface area (Å²) < 4.78 is 30.6. The van der Waals surface area contributed by atoms with Gasteiger partial charge in [0, 0.05) is 11.6 Å². The molecule has 0 aliphatic heterocycles. The van der Waals surface area contributed by atoms with Gasteiger partial charge in [-0.25, -0.2) is 8.42 Å². The molecule has 1 aromatic rings. The third-order valence-corrected chi connectivity index (χ3v) is 5.77. The van der Waals surface area contributed by atoms with Crippen LogP contribution in [0.25, 0.3) is 0 Å². The third kappa shape index (κ3) is 5.78. The summed E-state index contributed by atoms with van der Waals surface area (Å²) in [6.45, 7) is 0.283. The van der Waals surface area contributed by atoms with Gasteiger partial charge in [-0.15, -0.1) is 0 Å². The first-order valence-electron chi connectivity index (χ1n) is 8.39. The van der Waals surface area contributed by atoms with Gasteiger partial charge in [0.05, 0.1) is 19.1 Å². The van der Waals surface area contributed by atoms with E-state index in [1.54, 1.807) is 12.1 Å². The molecule has 6 nitrogen and oxygen atoms in total. The zero-order valence-electron chi connectivity index (χ0n) is 14.6. The zero-order chi connectivity index (χ0) is 18.4. The Hall–Kier alpha value is -1.47. The molecule has 0 aromatic heterocycles. The lowest BCUT2D eigenvalue weighted by Gasteiger charge is -2.25. The molecule has 0 saturated heterocycles. The van der Waals surface area contributed by atoms with Crippen molar-refractivity contribution in [2.24, 2.45) is 5.92 Å². The van der Waals surface area contributed by atoms with E-state index in [9.17, 15) is 13.2 Å². The number of anilines is 1. The summed E-state index contributed by atoms with van der Waals surface area (Å²) in [6, 6.07) is 4.67. The van der Waals surface area contributed by atoms with Crippen LogP contribution in [-0.4, -0.2) is 40.8 Å². The van der Waals surface area contributed by atoms with Gasteiger partial charge in [0.2, 0.25) is 15.9 Å². The highest BCUT2D eigenvalue weighted by Gasteiger charge is 2.25. The van der Waals surface area contributed by atoms with Gasteiger partial charge in [-0.3, -0.25) is 9.10 Å². The molecule has 0 spiro atoms. The number of nitrogens with one attached hydrogen (secondary N) is 1. The van der Waals surface area contributed by atoms with Crippen molar-refractivity contribution in [2.75, 3.05) is 30.8 Å². The molecule has 25 heavy (non-hydrogen) atoms. The second-order valence-electron chi connectivity index (χ2n) is 6.39. The fourth-order valence-corrected chi connectivity index (χ4v) is 4.09. The first kappa shape index (κ1) is 19.8. The minimum atomic E-state index is -3.67. The molecule has 0 bridgehead atoms. The summed E-state index contributed by atoms with van der Waals surface area (Å²) in [5.74, 6) is 0.484. The lowest BCUT2D eigenvalue weighted by molar-refractivity contribution is -0.119. The van der Waals surface area contributed by atoms with E-state index in [0.717, 1.165) is 23.4 Å². The van der Waals surface area contributed by atoms with Crippen molar-refractivity contribution in [1.82, 2.24) is 5.32 Å². The molecular weight excluding hydrogens is 364 g/mol. The van der Waals surface area contributed by atoms with Crippen molar-refractivity contribution in [3.05, 3.63) is 23.2 Å². The van der Waals surface area contributed by atoms with Crippen molar-refractivity contribution in [1.29, 1.82) is 0 Å². The quantitative estimate of drug-likeness (QED) is 0.779. The molecule has 1 aliphatic carbocycles. The molecule has 0 unspecified atom stereocenters. The fourth-order valence-electron chi connectivity index (χ4n) is 3.07. The van der Waals surface area contributed by atoms with Gasteiger partial charge in [0.1, 0.15) is 12.3 Å². The van der Waals surface area contributed by atoms with E-state index >= 15 is 0 Å². The molecule has 1 aromatic carbocycles. The molecule has 0 atom stereocenters. The normalized spacial score (nSPS) is 15.6. The van der Waals surface area contributed by atoms with Crippen molar-refractivity contribution in [3.63, 3.8) is 0 Å². The van der Waals surface area contributed by atoms with E-state index in [-0.39, 0.29) is 18.1 Å². The first-order chi connectivity index (χ1) is 11.8. The third-order valence-electron chi connectivity index (χ3n) is 4.41. The number of nitrogens with zero attached hydrogens (tertiary/aromatic N) is 1. The summed E-state index contributed by atoms with van der Waals surface area (Å²) >= 11 is 5.99. The Kier molecular flexibility index (Phi) is 6.95.